The van der Waals surface area contributed by atoms with E-state index in [0.717, 1.165) is 22.9 Å². The minimum atomic E-state index is -4.83. The molecule has 0 amide bonds. The smallest absolute Gasteiger partial charge is 0.376 e. The van der Waals surface area contributed by atoms with Crippen LogP contribution in [-0.4, -0.2) is 15.8 Å². The maximum Gasteiger partial charge on any atom is 0.421 e. The monoisotopic (exact) mass is 283 g/mol. The van der Waals surface area contributed by atoms with Gasteiger partial charge in [-0.3, -0.25) is 9.36 Å². The summed E-state index contributed by atoms with van der Waals surface area (Å²) >= 11 is 0. The SMILES string of the molecule is CC(O)(c1ccc(=O)n(-c2ccccc2)c1)C(F)(F)F. The maximum absolute atomic E-state index is 12.8. The van der Waals surface area contributed by atoms with Crippen molar-refractivity contribution in [2.45, 2.75) is 18.7 Å². The van der Waals surface area contributed by atoms with E-state index in [4.69, 9.17) is 0 Å². The second-order valence-electron chi connectivity index (χ2n) is 4.53. The second-order valence-corrected chi connectivity index (χ2v) is 4.53. The first-order valence-electron chi connectivity index (χ1n) is 5.81. The number of benzene rings is 1. The van der Waals surface area contributed by atoms with Gasteiger partial charge < -0.3 is 5.11 Å². The van der Waals surface area contributed by atoms with E-state index in [2.05, 4.69) is 0 Å². The van der Waals surface area contributed by atoms with Crippen molar-refractivity contribution in [2.75, 3.05) is 0 Å². The first kappa shape index (κ1) is 14.3. The van der Waals surface area contributed by atoms with Crippen LogP contribution in [0.5, 0.6) is 0 Å². The molecule has 6 heteroatoms. The van der Waals surface area contributed by atoms with E-state index in [9.17, 15) is 23.1 Å². The Bertz CT molecular complexity index is 660. The van der Waals surface area contributed by atoms with Gasteiger partial charge in [0.05, 0.1) is 0 Å². The van der Waals surface area contributed by atoms with Gasteiger partial charge in [0.25, 0.3) is 5.56 Å². The Balaban J connectivity index is 2.59. The van der Waals surface area contributed by atoms with E-state index < -0.39 is 22.9 Å². The number of hydrogen-bond acceptors (Lipinski definition) is 2. The zero-order chi connectivity index (χ0) is 15.0. The van der Waals surface area contributed by atoms with Crippen molar-refractivity contribution in [3.63, 3.8) is 0 Å². The van der Waals surface area contributed by atoms with Gasteiger partial charge in [-0.1, -0.05) is 18.2 Å². The van der Waals surface area contributed by atoms with Crippen LogP contribution < -0.4 is 5.56 Å². The predicted octanol–water partition coefficient (Wildman–Crippen LogP) is 2.61. The normalized spacial score (nSPS) is 14.8. The van der Waals surface area contributed by atoms with Gasteiger partial charge >= 0.3 is 6.18 Å². The molecule has 20 heavy (non-hydrogen) atoms. The molecule has 0 saturated heterocycles. The molecule has 106 valence electrons. The van der Waals surface area contributed by atoms with Crippen LogP contribution in [0, 0.1) is 0 Å². The molecule has 0 bridgehead atoms. The lowest BCUT2D eigenvalue weighted by atomic mass is 9.97. The van der Waals surface area contributed by atoms with Gasteiger partial charge in [-0.05, 0) is 25.1 Å². The number of aromatic nitrogens is 1. The molecule has 0 aliphatic rings. The summed E-state index contributed by atoms with van der Waals surface area (Å²) in [6.07, 6.45) is -3.82. The zero-order valence-corrected chi connectivity index (χ0v) is 10.6. The minimum Gasteiger partial charge on any atom is -0.376 e. The van der Waals surface area contributed by atoms with E-state index in [0.29, 0.717) is 12.6 Å². The lowest BCUT2D eigenvalue weighted by Gasteiger charge is -2.27. The molecule has 1 aromatic heterocycles. The first-order chi connectivity index (χ1) is 9.23. The van der Waals surface area contributed by atoms with Gasteiger partial charge in [-0.25, -0.2) is 0 Å². The van der Waals surface area contributed by atoms with E-state index in [-0.39, 0.29) is 0 Å². The van der Waals surface area contributed by atoms with Crippen molar-refractivity contribution < 1.29 is 18.3 Å². The minimum absolute atomic E-state index is 0.395. The fourth-order valence-electron chi connectivity index (χ4n) is 1.73. The number of nitrogens with zero attached hydrogens (tertiary/aromatic N) is 1. The molecule has 0 fully saturated rings. The lowest BCUT2D eigenvalue weighted by molar-refractivity contribution is -0.259. The highest BCUT2D eigenvalue weighted by molar-refractivity contribution is 5.34. The topological polar surface area (TPSA) is 42.2 Å². The molecule has 0 spiro atoms. The van der Waals surface area contributed by atoms with Crippen LogP contribution in [0.3, 0.4) is 0 Å². The average molecular weight is 283 g/mol. The van der Waals surface area contributed by atoms with Crippen molar-refractivity contribution in [1.29, 1.82) is 0 Å². The third-order valence-corrected chi connectivity index (χ3v) is 3.06. The van der Waals surface area contributed by atoms with Gasteiger partial charge in [-0.2, -0.15) is 13.2 Å². The number of para-hydroxylation sites is 1. The number of aliphatic hydroxyl groups is 1. The highest BCUT2D eigenvalue weighted by atomic mass is 19.4. The maximum atomic E-state index is 12.8. The van der Waals surface area contributed by atoms with Crippen LogP contribution in [0.4, 0.5) is 13.2 Å². The number of halogens is 3. The van der Waals surface area contributed by atoms with Crippen molar-refractivity contribution in [3.05, 3.63) is 64.6 Å². The molecule has 0 aliphatic carbocycles. The van der Waals surface area contributed by atoms with Gasteiger partial charge in [0.1, 0.15) is 0 Å². The number of rotatable bonds is 2. The van der Waals surface area contributed by atoms with E-state index in [1.807, 2.05) is 0 Å². The standard InChI is InChI=1S/C14H12F3NO2/c1-13(20,14(15,16)17)10-7-8-12(19)18(9-10)11-5-3-2-4-6-11/h2-9,20H,1H3. The summed E-state index contributed by atoms with van der Waals surface area (Å²) in [5.41, 5.74) is -3.46. The summed E-state index contributed by atoms with van der Waals surface area (Å²) in [5, 5.41) is 9.64. The number of hydrogen-bond donors (Lipinski definition) is 1. The van der Waals surface area contributed by atoms with Crippen LogP contribution in [0.25, 0.3) is 5.69 Å². The fourth-order valence-corrected chi connectivity index (χ4v) is 1.73. The highest BCUT2D eigenvalue weighted by Crippen LogP contribution is 2.38. The summed E-state index contributed by atoms with van der Waals surface area (Å²) in [4.78, 5) is 11.7. The Kier molecular flexibility index (Phi) is 3.43. The Hall–Kier alpha value is -2.08. The Labute approximate surface area is 112 Å². The Morgan fingerprint density at radius 1 is 1.05 bits per heavy atom. The third-order valence-electron chi connectivity index (χ3n) is 3.06. The van der Waals surface area contributed by atoms with Crippen molar-refractivity contribution in [3.8, 4) is 5.69 Å². The van der Waals surface area contributed by atoms with Gasteiger partial charge in [0.15, 0.2) is 5.60 Å². The fraction of sp³-hybridized carbons (Fsp3) is 0.214. The Morgan fingerprint density at radius 2 is 1.65 bits per heavy atom. The van der Waals surface area contributed by atoms with Crippen molar-refractivity contribution in [2.24, 2.45) is 0 Å². The van der Waals surface area contributed by atoms with Gasteiger partial charge in [0.2, 0.25) is 0 Å². The number of pyridine rings is 1. The third kappa shape index (κ3) is 2.46. The molecule has 0 aliphatic heterocycles. The quantitative estimate of drug-likeness (QED) is 0.920. The molecule has 1 atom stereocenters. The lowest BCUT2D eigenvalue weighted by Crippen LogP contribution is -2.40. The molecule has 0 saturated carbocycles. The van der Waals surface area contributed by atoms with Crippen molar-refractivity contribution >= 4 is 0 Å². The molecule has 1 unspecified atom stereocenters. The van der Waals surface area contributed by atoms with Crippen LogP contribution in [-0.2, 0) is 5.60 Å². The van der Waals surface area contributed by atoms with Gasteiger partial charge in [-0.15, -0.1) is 0 Å². The first-order valence-corrected chi connectivity index (χ1v) is 5.81. The molecule has 2 rings (SSSR count). The molecular formula is C14H12F3NO2. The molecule has 2 aromatic rings. The molecule has 1 aromatic carbocycles. The summed E-state index contributed by atoms with van der Waals surface area (Å²) in [6.45, 7) is 0.655. The van der Waals surface area contributed by atoms with E-state index in [1.54, 1.807) is 30.3 Å². The van der Waals surface area contributed by atoms with Crippen LogP contribution >= 0.6 is 0 Å². The van der Waals surface area contributed by atoms with Crippen LogP contribution in [0.2, 0.25) is 0 Å². The molecular weight excluding hydrogens is 271 g/mol. The summed E-state index contributed by atoms with van der Waals surface area (Å²) < 4.78 is 39.5. The molecule has 1 N–H and O–H groups in total. The average Bonchev–Trinajstić information content (AvgIpc) is 2.38. The van der Waals surface area contributed by atoms with Gasteiger partial charge in [0, 0.05) is 23.5 Å². The predicted molar refractivity (Wildman–Crippen MR) is 67.7 cm³/mol. The van der Waals surface area contributed by atoms with Crippen LogP contribution in [0.15, 0.2) is 53.5 Å². The summed E-state index contributed by atoms with van der Waals surface area (Å²) in [7, 11) is 0. The van der Waals surface area contributed by atoms with E-state index >= 15 is 0 Å². The molecule has 3 nitrogen and oxygen atoms in total. The highest BCUT2D eigenvalue weighted by Gasteiger charge is 2.51. The molecule has 0 radical (unpaired) electrons. The largest absolute Gasteiger partial charge is 0.421 e. The summed E-state index contributed by atoms with van der Waals surface area (Å²) in [6, 6.07) is 10.2. The molecule has 1 heterocycles. The Morgan fingerprint density at radius 3 is 2.20 bits per heavy atom. The number of alkyl halides is 3. The summed E-state index contributed by atoms with van der Waals surface area (Å²) in [5.74, 6) is 0. The second kappa shape index (κ2) is 4.79. The zero-order valence-electron chi connectivity index (χ0n) is 10.6. The van der Waals surface area contributed by atoms with E-state index in [1.165, 1.54) is 0 Å². The van der Waals surface area contributed by atoms with Crippen LogP contribution in [0.1, 0.15) is 12.5 Å². The van der Waals surface area contributed by atoms with Crippen molar-refractivity contribution in [1.82, 2.24) is 4.57 Å².